The maximum absolute atomic E-state index is 13.2. The summed E-state index contributed by atoms with van der Waals surface area (Å²) in [6, 6.07) is 4.27. The van der Waals surface area contributed by atoms with Crippen LogP contribution in [0.4, 0.5) is 9.18 Å². The molecule has 1 aliphatic heterocycles. The van der Waals surface area contributed by atoms with Crippen LogP contribution in [-0.2, 0) is 14.8 Å². The first-order valence-corrected chi connectivity index (χ1v) is 8.76. The molecule has 1 aromatic rings. The standard InChI is InChI=1S/C14H19FN4O4S/c1-16-14(21)17-13(20)10-18-5-7-19(8-6-18)24(22,23)12-4-2-3-11(15)9-12/h2-4,9H,5-8,10H2,1H3,(H2,16,17,20,21). The molecular formula is C14H19FN4O4S. The predicted octanol–water partition coefficient (Wildman–Crippen LogP) is -0.412. The Balaban J connectivity index is 1.92. The molecule has 1 aliphatic rings. The maximum atomic E-state index is 13.2. The number of rotatable bonds is 4. The SMILES string of the molecule is CNC(=O)NC(=O)CN1CCN(S(=O)(=O)c2cccc(F)c2)CC1. The quantitative estimate of drug-likeness (QED) is 0.762. The van der Waals surface area contributed by atoms with Crippen LogP contribution in [0.15, 0.2) is 29.2 Å². The van der Waals surface area contributed by atoms with Crippen LogP contribution in [0.3, 0.4) is 0 Å². The van der Waals surface area contributed by atoms with Gasteiger partial charge in [0, 0.05) is 33.2 Å². The minimum atomic E-state index is -3.76. The molecule has 1 saturated heterocycles. The molecule has 1 heterocycles. The van der Waals surface area contributed by atoms with Gasteiger partial charge in [0.1, 0.15) is 5.82 Å². The van der Waals surface area contributed by atoms with Gasteiger partial charge in [0.05, 0.1) is 11.4 Å². The molecular weight excluding hydrogens is 339 g/mol. The molecule has 0 atom stereocenters. The van der Waals surface area contributed by atoms with Crippen LogP contribution < -0.4 is 10.6 Å². The third-order valence-electron chi connectivity index (χ3n) is 3.61. The Morgan fingerprint density at radius 3 is 2.46 bits per heavy atom. The van der Waals surface area contributed by atoms with Crippen molar-refractivity contribution in [2.75, 3.05) is 39.8 Å². The van der Waals surface area contributed by atoms with E-state index in [1.807, 2.05) is 0 Å². The van der Waals surface area contributed by atoms with Gasteiger partial charge in [0.2, 0.25) is 15.9 Å². The zero-order valence-electron chi connectivity index (χ0n) is 13.2. The molecule has 2 rings (SSSR count). The van der Waals surface area contributed by atoms with E-state index in [4.69, 9.17) is 0 Å². The summed E-state index contributed by atoms with van der Waals surface area (Å²) in [5, 5.41) is 4.42. The number of carbonyl (C=O) groups is 2. The molecule has 0 unspecified atom stereocenters. The van der Waals surface area contributed by atoms with Gasteiger partial charge >= 0.3 is 6.03 Å². The first kappa shape index (κ1) is 18.3. The van der Waals surface area contributed by atoms with E-state index >= 15 is 0 Å². The molecule has 0 saturated carbocycles. The highest BCUT2D eigenvalue weighted by Crippen LogP contribution is 2.18. The van der Waals surface area contributed by atoms with Gasteiger partial charge in [-0.15, -0.1) is 0 Å². The molecule has 0 aromatic heterocycles. The summed E-state index contributed by atoms with van der Waals surface area (Å²) >= 11 is 0. The summed E-state index contributed by atoms with van der Waals surface area (Å²) < 4.78 is 39.4. The van der Waals surface area contributed by atoms with Crippen molar-refractivity contribution < 1.29 is 22.4 Å². The van der Waals surface area contributed by atoms with Crippen molar-refractivity contribution in [2.24, 2.45) is 0 Å². The number of hydrogen-bond donors (Lipinski definition) is 2. The molecule has 1 aromatic carbocycles. The number of nitrogens with one attached hydrogen (secondary N) is 2. The Kier molecular flexibility index (Phi) is 5.86. The molecule has 0 radical (unpaired) electrons. The lowest BCUT2D eigenvalue weighted by atomic mass is 10.3. The van der Waals surface area contributed by atoms with Gasteiger partial charge < -0.3 is 5.32 Å². The minimum Gasteiger partial charge on any atom is -0.341 e. The average Bonchev–Trinajstić information content (AvgIpc) is 2.55. The minimum absolute atomic E-state index is 0.00126. The second-order valence-corrected chi connectivity index (χ2v) is 7.20. The van der Waals surface area contributed by atoms with E-state index in [0.717, 1.165) is 6.07 Å². The first-order valence-electron chi connectivity index (χ1n) is 7.32. The van der Waals surface area contributed by atoms with Crippen molar-refractivity contribution in [2.45, 2.75) is 4.90 Å². The first-order chi connectivity index (χ1) is 11.3. The van der Waals surface area contributed by atoms with Gasteiger partial charge in [0.15, 0.2) is 0 Å². The fourth-order valence-electron chi connectivity index (χ4n) is 2.34. The highest BCUT2D eigenvalue weighted by Gasteiger charge is 2.29. The number of amides is 3. The van der Waals surface area contributed by atoms with Crippen LogP contribution in [0.25, 0.3) is 0 Å². The number of sulfonamides is 1. The molecule has 1 fully saturated rings. The fraction of sp³-hybridized carbons (Fsp3) is 0.429. The van der Waals surface area contributed by atoms with E-state index in [1.54, 1.807) is 4.90 Å². The van der Waals surface area contributed by atoms with Crippen molar-refractivity contribution in [1.82, 2.24) is 19.8 Å². The van der Waals surface area contributed by atoms with Crippen LogP contribution in [0.1, 0.15) is 0 Å². The maximum Gasteiger partial charge on any atom is 0.321 e. The lowest BCUT2D eigenvalue weighted by Crippen LogP contribution is -2.52. The highest BCUT2D eigenvalue weighted by molar-refractivity contribution is 7.89. The van der Waals surface area contributed by atoms with E-state index in [0.29, 0.717) is 13.1 Å². The summed E-state index contributed by atoms with van der Waals surface area (Å²) in [5.41, 5.74) is 0. The third-order valence-corrected chi connectivity index (χ3v) is 5.51. The van der Waals surface area contributed by atoms with E-state index < -0.39 is 27.8 Å². The van der Waals surface area contributed by atoms with Crippen LogP contribution in [0, 0.1) is 5.82 Å². The molecule has 0 bridgehead atoms. The summed E-state index contributed by atoms with van der Waals surface area (Å²) in [6.45, 7) is 1.06. The van der Waals surface area contributed by atoms with Gasteiger partial charge in [0.25, 0.3) is 0 Å². The zero-order chi connectivity index (χ0) is 17.7. The average molecular weight is 358 g/mol. The topological polar surface area (TPSA) is 98.8 Å². The van der Waals surface area contributed by atoms with Gasteiger partial charge in [-0.05, 0) is 18.2 Å². The Morgan fingerprint density at radius 1 is 1.21 bits per heavy atom. The van der Waals surface area contributed by atoms with E-state index in [9.17, 15) is 22.4 Å². The van der Waals surface area contributed by atoms with Gasteiger partial charge in [-0.25, -0.2) is 17.6 Å². The van der Waals surface area contributed by atoms with Crippen molar-refractivity contribution in [3.63, 3.8) is 0 Å². The van der Waals surface area contributed by atoms with Crippen LogP contribution in [0.2, 0.25) is 0 Å². The lowest BCUT2D eigenvalue weighted by molar-refractivity contribution is -0.121. The molecule has 132 valence electrons. The van der Waals surface area contributed by atoms with E-state index in [2.05, 4.69) is 10.6 Å². The summed E-state index contributed by atoms with van der Waals surface area (Å²) in [7, 11) is -2.36. The monoisotopic (exact) mass is 358 g/mol. The van der Waals surface area contributed by atoms with Crippen molar-refractivity contribution in [1.29, 1.82) is 0 Å². The Labute approximate surface area is 139 Å². The number of carbonyl (C=O) groups excluding carboxylic acids is 2. The molecule has 24 heavy (non-hydrogen) atoms. The van der Waals surface area contributed by atoms with Gasteiger partial charge in [-0.2, -0.15) is 4.31 Å². The van der Waals surface area contributed by atoms with Crippen LogP contribution in [0.5, 0.6) is 0 Å². The highest BCUT2D eigenvalue weighted by atomic mass is 32.2. The number of halogens is 1. The number of piperazine rings is 1. The van der Waals surface area contributed by atoms with E-state index in [-0.39, 0.29) is 24.5 Å². The Bertz CT molecular complexity index is 717. The largest absolute Gasteiger partial charge is 0.341 e. The number of benzene rings is 1. The smallest absolute Gasteiger partial charge is 0.321 e. The third kappa shape index (κ3) is 4.49. The van der Waals surface area contributed by atoms with Crippen LogP contribution in [-0.4, -0.2) is 69.3 Å². The molecule has 8 nitrogen and oxygen atoms in total. The zero-order valence-corrected chi connectivity index (χ0v) is 14.0. The normalized spacial score (nSPS) is 16.6. The number of urea groups is 1. The molecule has 0 aliphatic carbocycles. The summed E-state index contributed by atoms with van der Waals surface area (Å²) in [6.07, 6.45) is 0. The lowest BCUT2D eigenvalue weighted by Gasteiger charge is -2.33. The van der Waals surface area contributed by atoms with Gasteiger partial charge in [-0.1, -0.05) is 6.07 Å². The van der Waals surface area contributed by atoms with Crippen molar-refractivity contribution in [3.05, 3.63) is 30.1 Å². The van der Waals surface area contributed by atoms with Crippen molar-refractivity contribution in [3.8, 4) is 0 Å². The second-order valence-electron chi connectivity index (χ2n) is 5.26. The van der Waals surface area contributed by atoms with Crippen LogP contribution >= 0.6 is 0 Å². The molecule has 10 heteroatoms. The number of hydrogen-bond acceptors (Lipinski definition) is 5. The molecule has 3 amide bonds. The molecule has 2 N–H and O–H groups in total. The second kappa shape index (κ2) is 7.69. The molecule has 0 spiro atoms. The Morgan fingerprint density at radius 2 is 1.88 bits per heavy atom. The number of nitrogens with zero attached hydrogens (tertiary/aromatic N) is 2. The number of imide groups is 1. The predicted molar refractivity (Wildman–Crippen MR) is 84.2 cm³/mol. The van der Waals surface area contributed by atoms with E-state index in [1.165, 1.54) is 29.6 Å². The van der Waals surface area contributed by atoms with Crippen molar-refractivity contribution >= 4 is 22.0 Å². The Hall–Kier alpha value is -2.04. The van der Waals surface area contributed by atoms with Gasteiger partial charge in [-0.3, -0.25) is 15.0 Å². The fourth-order valence-corrected chi connectivity index (χ4v) is 3.79. The summed E-state index contributed by atoms with van der Waals surface area (Å²) in [4.78, 5) is 24.3. The summed E-state index contributed by atoms with van der Waals surface area (Å²) in [5.74, 6) is -1.07.